The van der Waals surface area contributed by atoms with Crippen LogP contribution in [0.5, 0.6) is 0 Å². The van der Waals surface area contributed by atoms with Crippen LogP contribution < -0.4 is 5.56 Å². The van der Waals surface area contributed by atoms with Gasteiger partial charge >= 0.3 is 0 Å². The fourth-order valence-electron chi connectivity index (χ4n) is 4.53. The second kappa shape index (κ2) is 6.76. The molecule has 0 radical (unpaired) electrons. The Balaban J connectivity index is 1.54. The lowest BCUT2D eigenvalue weighted by Crippen LogP contribution is -2.57. The molecular weight excluding hydrogens is 348 g/mol. The van der Waals surface area contributed by atoms with Gasteiger partial charge in [-0.2, -0.15) is 0 Å². The summed E-state index contributed by atoms with van der Waals surface area (Å²) in [6.45, 7) is 6.04. The zero-order valence-corrected chi connectivity index (χ0v) is 15.8. The van der Waals surface area contributed by atoms with Crippen molar-refractivity contribution in [1.82, 2.24) is 19.5 Å². The number of carbonyl (C=O) groups excluding carboxylic acids is 1. The molecule has 0 saturated carbocycles. The number of nitrogens with one attached hydrogen (secondary N) is 1. The molecule has 2 aromatic heterocycles. The Morgan fingerprint density at radius 3 is 2.85 bits per heavy atom. The van der Waals surface area contributed by atoms with E-state index < -0.39 is 11.2 Å². The molecule has 2 atom stereocenters. The van der Waals surface area contributed by atoms with Crippen LogP contribution in [-0.2, 0) is 4.74 Å². The van der Waals surface area contributed by atoms with Gasteiger partial charge in [-0.05, 0) is 32.1 Å². The molecule has 8 heteroatoms. The van der Waals surface area contributed by atoms with Crippen LogP contribution in [0.4, 0.5) is 0 Å². The topological polar surface area (TPSA) is 99.9 Å². The van der Waals surface area contributed by atoms with Gasteiger partial charge in [0, 0.05) is 50.2 Å². The van der Waals surface area contributed by atoms with Gasteiger partial charge in [-0.25, -0.2) is 9.50 Å². The largest absolute Gasteiger partial charge is 0.389 e. The first-order chi connectivity index (χ1) is 12.9. The van der Waals surface area contributed by atoms with E-state index in [-0.39, 0.29) is 23.3 Å². The quantitative estimate of drug-likeness (QED) is 0.816. The Kier molecular flexibility index (Phi) is 4.55. The zero-order chi connectivity index (χ0) is 19.2. The molecular formula is C19H26N4O4. The van der Waals surface area contributed by atoms with Crippen molar-refractivity contribution in [3.8, 4) is 0 Å². The molecule has 2 aliphatic heterocycles. The Morgan fingerprint density at radius 2 is 2.15 bits per heavy atom. The van der Waals surface area contributed by atoms with Crippen molar-refractivity contribution >= 4 is 11.6 Å². The molecule has 0 aromatic carbocycles. The van der Waals surface area contributed by atoms with E-state index in [2.05, 4.69) is 10.1 Å². The van der Waals surface area contributed by atoms with Crippen LogP contribution in [0, 0.1) is 18.8 Å². The number of piperidine rings is 1. The average molecular weight is 374 g/mol. The lowest BCUT2D eigenvalue weighted by atomic mass is 9.70. The van der Waals surface area contributed by atoms with Crippen molar-refractivity contribution in [2.45, 2.75) is 38.7 Å². The third-order valence-corrected chi connectivity index (χ3v) is 6.20. The lowest BCUT2D eigenvalue weighted by Gasteiger charge is -2.48. The lowest BCUT2D eigenvalue weighted by molar-refractivity contribution is -0.125. The first kappa shape index (κ1) is 18.2. The second-order valence-electron chi connectivity index (χ2n) is 7.89. The molecule has 2 saturated heterocycles. The number of hydrogen-bond acceptors (Lipinski definition) is 5. The minimum absolute atomic E-state index is 0.0538. The summed E-state index contributed by atoms with van der Waals surface area (Å²) in [4.78, 5) is 31.5. The number of aromatic nitrogens is 3. The Labute approximate surface area is 157 Å². The van der Waals surface area contributed by atoms with E-state index in [4.69, 9.17) is 4.74 Å². The summed E-state index contributed by atoms with van der Waals surface area (Å²) in [6, 6.07) is 1.76. The molecule has 4 rings (SSSR count). The predicted molar refractivity (Wildman–Crippen MR) is 98.7 cm³/mol. The predicted octanol–water partition coefficient (Wildman–Crippen LogP) is 0.971. The summed E-state index contributed by atoms with van der Waals surface area (Å²) in [6.07, 6.45) is 3.58. The number of fused-ring (bicyclic) bond motifs is 1. The highest BCUT2D eigenvalue weighted by Crippen LogP contribution is 2.39. The first-order valence-corrected chi connectivity index (χ1v) is 9.57. The number of aliphatic hydroxyl groups is 1. The number of hydrogen-bond donors (Lipinski definition) is 2. The number of H-pyrrole nitrogens is 1. The molecule has 0 spiro atoms. The highest BCUT2D eigenvalue weighted by Gasteiger charge is 2.46. The number of rotatable bonds is 2. The molecule has 0 bridgehead atoms. The van der Waals surface area contributed by atoms with Crippen LogP contribution in [0.2, 0.25) is 0 Å². The van der Waals surface area contributed by atoms with E-state index in [1.54, 1.807) is 11.0 Å². The third kappa shape index (κ3) is 3.06. The van der Waals surface area contributed by atoms with E-state index in [1.807, 2.05) is 13.8 Å². The average Bonchev–Trinajstić information content (AvgIpc) is 3.06. The summed E-state index contributed by atoms with van der Waals surface area (Å²) in [7, 11) is 0. The monoisotopic (exact) mass is 374 g/mol. The normalized spacial score (nSPS) is 27.2. The highest BCUT2D eigenvalue weighted by molar-refractivity contribution is 5.93. The molecule has 2 fully saturated rings. The maximum atomic E-state index is 13.0. The molecule has 2 aromatic rings. The number of amides is 1. The Bertz CT molecular complexity index is 914. The number of carbonyl (C=O) groups is 1. The smallest absolute Gasteiger partial charge is 0.285 e. The Hall–Kier alpha value is -2.19. The molecule has 27 heavy (non-hydrogen) atoms. The van der Waals surface area contributed by atoms with Gasteiger partial charge in [0.05, 0.1) is 5.60 Å². The van der Waals surface area contributed by atoms with Crippen LogP contribution >= 0.6 is 0 Å². The van der Waals surface area contributed by atoms with Crippen molar-refractivity contribution in [1.29, 1.82) is 0 Å². The van der Waals surface area contributed by atoms with Crippen molar-refractivity contribution in [2.24, 2.45) is 11.8 Å². The van der Waals surface area contributed by atoms with Gasteiger partial charge in [0.2, 0.25) is 0 Å². The number of likely N-dealkylation sites (tertiary alicyclic amines) is 1. The molecule has 8 nitrogen and oxygen atoms in total. The molecule has 1 amide bonds. The minimum Gasteiger partial charge on any atom is -0.389 e. The number of nitrogens with zero attached hydrogens (tertiary/aromatic N) is 3. The van der Waals surface area contributed by atoms with E-state index in [1.165, 1.54) is 10.7 Å². The second-order valence-corrected chi connectivity index (χ2v) is 7.89. The summed E-state index contributed by atoms with van der Waals surface area (Å²) < 4.78 is 6.72. The molecule has 2 N–H and O–H groups in total. The summed E-state index contributed by atoms with van der Waals surface area (Å²) in [5, 5.41) is 14.2. The van der Waals surface area contributed by atoms with Crippen LogP contribution in [-0.4, -0.2) is 62.4 Å². The molecule has 2 aliphatic rings. The van der Waals surface area contributed by atoms with Crippen LogP contribution in [0.25, 0.3) is 5.65 Å². The van der Waals surface area contributed by atoms with Crippen molar-refractivity contribution in [3.05, 3.63) is 33.9 Å². The first-order valence-electron chi connectivity index (χ1n) is 9.57. The maximum Gasteiger partial charge on any atom is 0.285 e. The summed E-state index contributed by atoms with van der Waals surface area (Å²) in [5.74, 6) is -0.190. The van der Waals surface area contributed by atoms with E-state index >= 15 is 0 Å². The van der Waals surface area contributed by atoms with Gasteiger partial charge in [0.25, 0.3) is 11.5 Å². The van der Waals surface area contributed by atoms with Crippen LogP contribution in [0.1, 0.15) is 42.2 Å². The van der Waals surface area contributed by atoms with E-state index in [9.17, 15) is 14.7 Å². The fraction of sp³-hybridized carbons (Fsp3) is 0.632. The van der Waals surface area contributed by atoms with Gasteiger partial charge in [0.1, 0.15) is 5.56 Å². The Morgan fingerprint density at radius 1 is 1.41 bits per heavy atom. The zero-order valence-electron chi connectivity index (χ0n) is 15.8. The van der Waals surface area contributed by atoms with Crippen LogP contribution in [0.3, 0.4) is 0 Å². The summed E-state index contributed by atoms with van der Waals surface area (Å²) >= 11 is 0. The summed E-state index contributed by atoms with van der Waals surface area (Å²) in [5.41, 5.74) is 0.176. The number of aromatic amines is 1. The van der Waals surface area contributed by atoms with Crippen molar-refractivity contribution in [2.75, 3.05) is 26.3 Å². The highest BCUT2D eigenvalue weighted by atomic mass is 16.5. The van der Waals surface area contributed by atoms with Gasteiger partial charge in [-0.1, -0.05) is 6.92 Å². The SMILES string of the molecule is Cc1cc2ncc(C(=O)N3CC[C@@](O)(C4CCOCC4)[C@H](C)C3)c(=O)n2[nH]1. The van der Waals surface area contributed by atoms with Gasteiger partial charge in [-0.3, -0.25) is 14.7 Å². The third-order valence-electron chi connectivity index (χ3n) is 6.20. The van der Waals surface area contributed by atoms with Gasteiger partial charge in [-0.15, -0.1) is 0 Å². The van der Waals surface area contributed by atoms with Crippen molar-refractivity contribution < 1.29 is 14.6 Å². The standard InChI is InChI=1S/C19H26N4O4/c1-12-11-22(6-5-19(12,26)14-3-7-27-8-4-14)17(24)15-10-20-16-9-13(2)21-23(16)18(15)25/h9-10,12,14,21,26H,3-8,11H2,1-2H3/t12-,19+/m1/s1. The van der Waals surface area contributed by atoms with Crippen molar-refractivity contribution in [3.63, 3.8) is 0 Å². The molecule has 4 heterocycles. The van der Waals surface area contributed by atoms with E-state index in [0.29, 0.717) is 38.4 Å². The maximum absolute atomic E-state index is 13.0. The van der Waals surface area contributed by atoms with Gasteiger partial charge in [0.15, 0.2) is 5.65 Å². The molecule has 146 valence electrons. The molecule has 0 aliphatic carbocycles. The van der Waals surface area contributed by atoms with Gasteiger partial charge < -0.3 is 14.7 Å². The van der Waals surface area contributed by atoms with E-state index in [0.717, 1.165) is 18.5 Å². The molecule has 0 unspecified atom stereocenters. The van der Waals surface area contributed by atoms with Crippen LogP contribution in [0.15, 0.2) is 17.1 Å². The minimum atomic E-state index is -0.783. The fourth-order valence-corrected chi connectivity index (χ4v) is 4.53. The number of aryl methyl sites for hydroxylation is 1. The number of ether oxygens (including phenoxy) is 1.